The lowest BCUT2D eigenvalue weighted by Crippen LogP contribution is -2.17. The third-order valence-electron chi connectivity index (χ3n) is 2.34. The molecule has 11 heteroatoms. The van der Waals surface area contributed by atoms with E-state index in [9.17, 15) is 19.2 Å². The Morgan fingerprint density at radius 1 is 0.609 bits per heavy atom. The lowest BCUT2D eigenvalue weighted by atomic mass is 10.3. The van der Waals surface area contributed by atoms with Gasteiger partial charge in [-0.15, -0.1) is 0 Å². The number of hydrogen-bond acceptors (Lipinski definition) is 11. The van der Waals surface area contributed by atoms with Crippen LogP contribution in [0.2, 0.25) is 0 Å². The number of rotatable bonds is 4. The second-order valence-electron chi connectivity index (χ2n) is 3.56. The van der Waals surface area contributed by atoms with Gasteiger partial charge in [0.15, 0.2) is 11.1 Å². The predicted octanol–water partition coefficient (Wildman–Crippen LogP) is 1.23. The van der Waals surface area contributed by atoms with Gasteiger partial charge in [-0.25, -0.2) is 19.2 Å². The minimum Gasteiger partial charge on any atom is -0.465 e. The molecular weight excluding hydrogens is 368 g/mol. The maximum atomic E-state index is 11.7. The van der Waals surface area contributed by atoms with Crippen LogP contribution in [-0.4, -0.2) is 52.3 Å². The lowest BCUT2D eigenvalue weighted by molar-refractivity contribution is -0.145. The normalized spacial score (nSPS) is 13.2. The van der Waals surface area contributed by atoms with Crippen molar-refractivity contribution >= 4 is 57.2 Å². The average Bonchev–Trinajstić information content (AvgIpc) is 3.03. The Morgan fingerprint density at radius 2 is 0.870 bits per heavy atom. The lowest BCUT2D eigenvalue weighted by Gasteiger charge is -2.06. The van der Waals surface area contributed by atoms with Crippen molar-refractivity contribution < 1.29 is 38.1 Å². The third kappa shape index (κ3) is 4.45. The van der Waals surface area contributed by atoms with Crippen molar-refractivity contribution in [2.45, 2.75) is 0 Å². The van der Waals surface area contributed by atoms with Crippen LogP contribution >= 0.6 is 33.3 Å². The summed E-state index contributed by atoms with van der Waals surface area (Å²) in [6.45, 7) is 0. The van der Waals surface area contributed by atoms with Crippen LogP contribution in [0.1, 0.15) is 0 Å². The van der Waals surface area contributed by atoms with Gasteiger partial charge < -0.3 is 18.9 Å². The van der Waals surface area contributed by atoms with Crippen molar-refractivity contribution in [3.05, 3.63) is 19.6 Å². The summed E-state index contributed by atoms with van der Waals surface area (Å²) in [7, 11) is 6.51. The van der Waals surface area contributed by atoms with Crippen LogP contribution in [0.4, 0.5) is 0 Å². The molecule has 0 saturated carbocycles. The summed E-state index contributed by atoms with van der Waals surface area (Å²) < 4.78 is 18.7. The highest BCUT2D eigenvalue weighted by Crippen LogP contribution is 2.59. The highest BCUT2D eigenvalue weighted by atomic mass is 33.1. The zero-order valence-electron chi connectivity index (χ0n) is 12.5. The summed E-state index contributed by atoms with van der Waals surface area (Å²) in [5.41, 5.74) is -0.636. The van der Waals surface area contributed by atoms with E-state index in [1.165, 1.54) is 0 Å². The molecule has 1 rings (SSSR count). The van der Waals surface area contributed by atoms with E-state index in [-0.39, 0.29) is 19.6 Å². The van der Waals surface area contributed by atoms with Crippen LogP contribution in [0.25, 0.3) is 0 Å². The molecule has 1 fully saturated rings. The summed E-state index contributed by atoms with van der Waals surface area (Å²) in [6.07, 6.45) is 0. The molecule has 1 aliphatic heterocycles. The number of ether oxygens (including phenoxy) is 4. The Hall–Kier alpha value is -1.59. The molecule has 8 nitrogen and oxygen atoms in total. The molecule has 0 unspecified atom stereocenters. The fourth-order valence-corrected chi connectivity index (χ4v) is 5.75. The van der Waals surface area contributed by atoms with Gasteiger partial charge in [0, 0.05) is 0 Å². The molecule has 0 amide bonds. The summed E-state index contributed by atoms with van der Waals surface area (Å²) in [5, 5.41) is 0. The maximum Gasteiger partial charge on any atom is 0.347 e. The van der Waals surface area contributed by atoms with Crippen LogP contribution in [0, 0.1) is 0 Å². The number of thioether (sulfide) groups is 1. The molecule has 1 heterocycles. The highest BCUT2D eigenvalue weighted by Gasteiger charge is 2.35. The Kier molecular flexibility index (Phi) is 7.52. The van der Waals surface area contributed by atoms with E-state index in [1.54, 1.807) is 0 Å². The van der Waals surface area contributed by atoms with E-state index in [0.29, 0.717) is 0 Å². The zero-order valence-corrected chi connectivity index (χ0v) is 14.9. The Bertz CT molecular complexity index is 519. The maximum absolute atomic E-state index is 11.7. The molecule has 0 aliphatic carbocycles. The van der Waals surface area contributed by atoms with Gasteiger partial charge in [-0.1, -0.05) is 11.8 Å². The second-order valence-corrected chi connectivity index (χ2v) is 7.25. The average molecular weight is 380 g/mol. The van der Waals surface area contributed by atoms with Gasteiger partial charge in [0.05, 0.1) is 36.9 Å². The van der Waals surface area contributed by atoms with Crippen molar-refractivity contribution in [2.24, 2.45) is 0 Å². The molecule has 126 valence electrons. The van der Waals surface area contributed by atoms with Crippen molar-refractivity contribution in [3.63, 3.8) is 0 Å². The molecule has 0 bridgehead atoms. The smallest absolute Gasteiger partial charge is 0.347 e. The van der Waals surface area contributed by atoms with Gasteiger partial charge in [0.2, 0.25) is 0 Å². The van der Waals surface area contributed by atoms with Crippen LogP contribution in [0.5, 0.6) is 0 Å². The fraction of sp³-hybridized carbons (Fsp3) is 0.333. The van der Waals surface area contributed by atoms with E-state index in [1.807, 2.05) is 0 Å². The van der Waals surface area contributed by atoms with Gasteiger partial charge >= 0.3 is 23.9 Å². The summed E-state index contributed by atoms with van der Waals surface area (Å²) in [4.78, 5) is 47.0. The number of carbonyl (C=O) groups is 4. The molecule has 1 saturated heterocycles. The van der Waals surface area contributed by atoms with E-state index in [0.717, 1.165) is 61.8 Å². The number of methoxy groups -OCH3 is 4. The predicted molar refractivity (Wildman–Crippen MR) is 84.9 cm³/mol. The van der Waals surface area contributed by atoms with Crippen molar-refractivity contribution in [1.29, 1.82) is 0 Å². The van der Waals surface area contributed by atoms with E-state index < -0.39 is 23.9 Å². The standard InChI is InChI=1S/C12H12O8S3/c1-17-7(13)5(8(14)18-2)11-21-12(23-22-11)6(9(15)19-3)10(16)20-4/h1-4H3. The monoisotopic (exact) mass is 380 g/mol. The van der Waals surface area contributed by atoms with Crippen LogP contribution < -0.4 is 0 Å². The summed E-state index contributed by atoms with van der Waals surface area (Å²) in [6, 6.07) is 0. The third-order valence-corrected chi connectivity index (χ3v) is 6.80. The molecule has 0 aromatic heterocycles. The first kappa shape index (κ1) is 19.5. The summed E-state index contributed by atoms with van der Waals surface area (Å²) >= 11 is 0.884. The Morgan fingerprint density at radius 3 is 1.09 bits per heavy atom. The van der Waals surface area contributed by atoms with Gasteiger partial charge in [0.1, 0.15) is 0 Å². The van der Waals surface area contributed by atoms with Crippen molar-refractivity contribution in [3.8, 4) is 0 Å². The summed E-state index contributed by atoms with van der Waals surface area (Å²) in [5.74, 6) is -3.53. The minimum absolute atomic E-state index is 0.231. The van der Waals surface area contributed by atoms with Gasteiger partial charge in [0.25, 0.3) is 0 Å². The molecule has 0 aromatic carbocycles. The Balaban J connectivity index is 3.33. The molecule has 0 atom stereocenters. The van der Waals surface area contributed by atoms with Crippen molar-refractivity contribution in [1.82, 2.24) is 0 Å². The first-order valence-electron chi connectivity index (χ1n) is 5.75. The largest absolute Gasteiger partial charge is 0.465 e. The van der Waals surface area contributed by atoms with Crippen molar-refractivity contribution in [2.75, 3.05) is 28.4 Å². The quantitative estimate of drug-likeness (QED) is 0.176. The molecule has 0 radical (unpaired) electrons. The SMILES string of the molecule is COC(=O)C(C(=O)OC)=C1SSC(=C(C(=O)OC)C(=O)OC)S1. The highest BCUT2D eigenvalue weighted by molar-refractivity contribution is 8.86. The number of hydrogen-bond donors (Lipinski definition) is 0. The van der Waals surface area contributed by atoms with Crippen LogP contribution in [0.15, 0.2) is 19.6 Å². The zero-order chi connectivity index (χ0) is 17.6. The molecule has 1 aliphatic rings. The molecule has 0 spiro atoms. The topological polar surface area (TPSA) is 105 Å². The van der Waals surface area contributed by atoms with Crippen LogP contribution in [0.3, 0.4) is 0 Å². The number of carbonyl (C=O) groups excluding carboxylic acids is 4. The fourth-order valence-electron chi connectivity index (χ4n) is 1.29. The van der Waals surface area contributed by atoms with Gasteiger partial charge in [-0.2, -0.15) is 0 Å². The van der Waals surface area contributed by atoms with E-state index >= 15 is 0 Å². The van der Waals surface area contributed by atoms with E-state index in [4.69, 9.17) is 0 Å². The van der Waals surface area contributed by atoms with E-state index in [2.05, 4.69) is 18.9 Å². The first-order chi connectivity index (χ1) is 10.9. The molecule has 0 aromatic rings. The first-order valence-corrected chi connectivity index (χ1v) is 8.72. The molecule has 23 heavy (non-hydrogen) atoms. The van der Waals surface area contributed by atoms with Gasteiger partial charge in [-0.3, -0.25) is 0 Å². The van der Waals surface area contributed by atoms with Crippen LogP contribution in [-0.2, 0) is 38.1 Å². The molecule has 0 N–H and O–H groups in total. The Labute approximate surface area is 143 Å². The number of esters is 4. The molecular formula is C12H12O8S3. The van der Waals surface area contributed by atoms with Gasteiger partial charge in [-0.05, 0) is 21.6 Å². The second kappa shape index (κ2) is 8.89. The minimum atomic E-state index is -0.883.